The second kappa shape index (κ2) is 16.4. The standard InChI is InChI=1S/C42H50ClFN4O4/c1-4-36-39-35(45-46(36)3)27-47(22-17-28-18-24-50-25-19-28)20-6-7-21-48-40-33(15-16-34(43)38(39)40)32(41(48)42(49)51-5-2)11-9-23-52-37-12-8-10-29-26-30(44)13-14-31(29)37/h8,10,12-16,26,28H,4-7,9,11,17-25,27H2,1-3H3. The van der Waals surface area contributed by atoms with E-state index in [-0.39, 0.29) is 18.4 Å². The number of fused-ring (bicyclic) bond motifs is 3. The van der Waals surface area contributed by atoms with Crippen molar-refractivity contribution in [3.63, 3.8) is 0 Å². The molecule has 0 atom stereocenters. The van der Waals surface area contributed by atoms with Crippen LogP contribution >= 0.6 is 11.6 Å². The molecule has 0 bridgehead atoms. The molecule has 2 aliphatic heterocycles. The Morgan fingerprint density at radius 3 is 2.65 bits per heavy atom. The molecule has 0 aliphatic carbocycles. The Morgan fingerprint density at radius 1 is 1.04 bits per heavy atom. The molecule has 276 valence electrons. The second-order valence-electron chi connectivity index (χ2n) is 14.2. The molecule has 2 aromatic heterocycles. The molecule has 7 rings (SSSR count). The number of carbonyl (C=O) groups excluding carboxylic acids is 1. The topological polar surface area (TPSA) is 70.8 Å². The minimum absolute atomic E-state index is 0.273. The smallest absolute Gasteiger partial charge is 0.355 e. The van der Waals surface area contributed by atoms with Gasteiger partial charge in [-0.2, -0.15) is 5.10 Å². The Bertz CT molecular complexity index is 2050. The summed E-state index contributed by atoms with van der Waals surface area (Å²) in [7, 11) is 2.03. The van der Waals surface area contributed by atoms with E-state index < -0.39 is 0 Å². The maximum absolute atomic E-state index is 14.0. The van der Waals surface area contributed by atoms with Crippen LogP contribution in [0.15, 0.2) is 48.5 Å². The number of aryl methyl sites for hydroxylation is 3. The normalized spacial score (nSPS) is 15.9. The Morgan fingerprint density at radius 2 is 1.85 bits per heavy atom. The molecule has 52 heavy (non-hydrogen) atoms. The van der Waals surface area contributed by atoms with Crippen molar-refractivity contribution in [2.45, 2.75) is 78.3 Å². The molecule has 8 nitrogen and oxygen atoms in total. The summed E-state index contributed by atoms with van der Waals surface area (Å²) < 4.78 is 35.8. The first-order chi connectivity index (χ1) is 25.4. The van der Waals surface area contributed by atoms with E-state index in [1.54, 1.807) is 6.07 Å². The summed E-state index contributed by atoms with van der Waals surface area (Å²) >= 11 is 7.25. The van der Waals surface area contributed by atoms with Gasteiger partial charge in [-0.15, -0.1) is 0 Å². The third-order valence-electron chi connectivity index (χ3n) is 10.9. The van der Waals surface area contributed by atoms with E-state index >= 15 is 0 Å². The molecule has 2 aliphatic rings. The van der Waals surface area contributed by atoms with Crippen molar-refractivity contribution in [3.8, 4) is 16.9 Å². The minimum Gasteiger partial charge on any atom is -0.493 e. The third-order valence-corrected chi connectivity index (χ3v) is 11.2. The molecular weight excluding hydrogens is 679 g/mol. The van der Waals surface area contributed by atoms with Crippen LogP contribution in [-0.2, 0) is 42.5 Å². The molecular formula is C42H50ClFN4O4. The SMILES string of the molecule is CCOC(=O)c1c(CCCOc2cccc3cc(F)ccc23)c2ccc(Cl)c3c2n1CCCCN(CCC1CCOCC1)Cc1nn(C)c(CC)c1-3. The fraction of sp³-hybridized carbons (Fsp3) is 0.476. The van der Waals surface area contributed by atoms with Crippen molar-refractivity contribution < 1.29 is 23.4 Å². The van der Waals surface area contributed by atoms with Crippen LogP contribution in [0.3, 0.4) is 0 Å². The summed E-state index contributed by atoms with van der Waals surface area (Å²) in [6.07, 6.45) is 7.39. The summed E-state index contributed by atoms with van der Waals surface area (Å²) in [4.78, 5) is 16.5. The van der Waals surface area contributed by atoms with Gasteiger partial charge >= 0.3 is 5.97 Å². The Labute approximate surface area is 310 Å². The number of hydrogen-bond acceptors (Lipinski definition) is 6. The molecule has 0 spiro atoms. The van der Waals surface area contributed by atoms with E-state index in [1.165, 1.54) is 12.1 Å². The molecule has 10 heteroatoms. The van der Waals surface area contributed by atoms with E-state index in [0.29, 0.717) is 48.4 Å². The van der Waals surface area contributed by atoms with Crippen molar-refractivity contribution >= 4 is 39.2 Å². The second-order valence-corrected chi connectivity index (χ2v) is 14.6. The summed E-state index contributed by atoms with van der Waals surface area (Å²) in [6, 6.07) is 14.5. The zero-order chi connectivity index (χ0) is 36.2. The lowest BCUT2D eigenvalue weighted by atomic mass is 9.95. The van der Waals surface area contributed by atoms with Crippen molar-refractivity contribution in [2.75, 3.05) is 39.5 Å². The summed E-state index contributed by atoms with van der Waals surface area (Å²) in [5.74, 6) is 0.818. The van der Waals surface area contributed by atoms with Crippen molar-refractivity contribution in [1.82, 2.24) is 19.2 Å². The van der Waals surface area contributed by atoms with Gasteiger partial charge in [0.05, 0.1) is 29.4 Å². The monoisotopic (exact) mass is 728 g/mol. The van der Waals surface area contributed by atoms with Gasteiger partial charge in [0, 0.05) is 60.9 Å². The first-order valence-corrected chi connectivity index (χ1v) is 19.4. The van der Waals surface area contributed by atoms with Crippen LogP contribution < -0.4 is 4.74 Å². The molecule has 0 radical (unpaired) electrons. The lowest BCUT2D eigenvalue weighted by Gasteiger charge is -2.27. The van der Waals surface area contributed by atoms with Gasteiger partial charge in [0.15, 0.2) is 0 Å². The van der Waals surface area contributed by atoms with Gasteiger partial charge in [-0.25, -0.2) is 9.18 Å². The van der Waals surface area contributed by atoms with E-state index in [9.17, 15) is 9.18 Å². The number of esters is 1. The number of carbonyl (C=O) groups is 1. The third kappa shape index (κ3) is 7.45. The quantitative estimate of drug-likeness (QED) is 0.0999. The Kier molecular flexibility index (Phi) is 11.5. The number of benzene rings is 3. The summed E-state index contributed by atoms with van der Waals surface area (Å²) in [5.41, 5.74) is 6.70. The Balaban J connectivity index is 1.27. The maximum atomic E-state index is 14.0. The van der Waals surface area contributed by atoms with Crippen LogP contribution in [-0.4, -0.2) is 64.7 Å². The van der Waals surface area contributed by atoms with E-state index in [4.69, 9.17) is 30.9 Å². The first-order valence-electron chi connectivity index (χ1n) is 19.0. The summed E-state index contributed by atoms with van der Waals surface area (Å²) in [5, 5.41) is 8.47. The maximum Gasteiger partial charge on any atom is 0.355 e. The molecule has 3 aromatic carbocycles. The predicted octanol–water partition coefficient (Wildman–Crippen LogP) is 9.15. The van der Waals surface area contributed by atoms with Gasteiger partial charge in [0.1, 0.15) is 17.3 Å². The van der Waals surface area contributed by atoms with Crippen LogP contribution in [0.1, 0.15) is 79.8 Å². The average molecular weight is 729 g/mol. The highest BCUT2D eigenvalue weighted by atomic mass is 35.5. The lowest BCUT2D eigenvalue weighted by molar-refractivity contribution is 0.0512. The number of halogens is 2. The zero-order valence-corrected chi connectivity index (χ0v) is 31.4. The van der Waals surface area contributed by atoms with Gasteiger partial charge < -0.3 is 18.8 Å². The number of ether oxygens (including phenoxy) is 3. The first kappa shape index (κ1) is 36.4. The van der Waals surface area contributed by atoms with Gasteiger partial charge in [-0.1, -0.05) is 36.7 Å². The molecule has 0 unspecified atom stereocenters. The highest BCUT2D eigenvalue weighted by Gasteiger charge is 2.30. The zero-order valence-electron chi connectivity index (χ0n) is 30.7. The fourth-order valence-electron chi connectivity index (χ4n) is 8.33. The van der Waals surface area contributed by atoms with E-state index in [0.717, 1.165) is 121 Å². The van der Waals surface area contributed by atoms with E-state index in [1.807, 2.05) is 42.9 Å². The summed E-state index contributed by atoms with van der Waals surface area (Å²) in [6.45, 7) is 9.85. The van der Waals surface area contributed by atoms with Gasteiger partial charge in [0.25, 0.3) is 0 Å². The highest BCUT2D eigenvalue weighted by Crippen LogP contribution is 2.43. The van der Waals surface area contributed by atoms with E-state index in [2.05, 4.69) is 22.5 Å². The van der Waals surface area contributed by atoms with Crippen LogP contribution in [0.2, 0.25) is 5.02 Å². The highest BCUT2D eigenvalue weighted by molar-refractivity contribution is 6.35. The van der Waals surface area contributed by atoms with Crippen molar-refractivity contribution in [2.24, 2.45) is 13.0 Å². The van der Waals surface area contributed by atoms with Crippen molar-refractivity contribution in [1.29, 1.82) is 0 Å². The number of hydrogen-bond donors (Lipinski definition) is 0. The van der Waals surface area contributed by atoms with Crippen LogP contribution in [0.5, 0.6) is 5.75 Å². The molecule has 5 aromatic rings. The average Bonchev–Trinajstić information content (AvgIpc) is 3.62. The Hall–Kier alpha value is -3.92. The fourth-order valence-corrected chi connectivity index (χ4v) is 8.58. The molecule has 4 heterocycles. The largest absolute Gasteiger partial charge is 0.493 e. The minimum atomic E-state index is -0.317. The van der Waals surface area contributed by atoms with Gasteiger partial charge in [0.2, 0.25) is 0 Å². The number of nitrogens with zero attached hydrogens (tertiary/aromatic N) is 4. The van der Waals surface area contributed by atoms with Crippen LogP contribution in [0, 0.1) is 11.7 Å². The lowest BCUT2D eigenvalue weighted by Crippen LogP contribution is -2.29. The predicted molar refractivity (Wildman–Crippen MR) is 205 cm³/mol. The number of rotatable bonds is 11. The van der Waals surface area contributed by atoms with Gasteiger partial charge in [-0.05, 0) is 119 Å². The molecule has 0 amide bonds. The molecule has 1 fully saturated rings. The molecule has 1 saturated heterocycles. The van der Waals surface area contributed by atoms with Crippen LogP contribution in [0.25, 0.3) is 32.8 Å². The molecule has 0 saturated carbocycles. The molecule has 0 N–H and O–H groups in total. The van der Waals surface area contributed by atoms with Crippen LogP contribution in [0.4, 0.5) is 4.39 Å². The van der Waals surface area contributed by atoms with Crippen molar-refractivity contribution in [3.05, 3.63) is 82.0 Å². The van der Waals surface area contributed by atoms with Gasteiger partial charge in [-0.3, -0.25) is 9.58 Å². The number of aromatic nitrogens is 3.